The number of hydrogen-bond acceptors (Lipinski definition) is 5. The van der Waals surface area contributed by atoms with Crippen LogP contribution >= 0.6 is 11.6 Å². The van der Waals surface area contributed by atoms with E-state index in [1.807, 2.05) is 44.2 Å². The SMILES string of the molecule is CCNc1cc(NCCNC(=O)C2(c3ccc(Cl)cc3)CCCC2)nc(C)n1. The zero-order valence-electron chi connectivity index (χ0n) is 16.5. The van der Waals surface area contributed by atoms with Crippen molar-refractivity contribution in [1.82, 2.24) is 15.3 Å². The Balaban J connectivity index is 1.58. The molecule has 7 heteroatoms. The zero-order valence-corrected chi connectivity index (χ0v) is 17.3. The number of nitrogens with one attached hydrogen (secondary N) is 3. The highest BCUT2D eigenvalue weighted by atomic mass is 35.5. The minimum Gasteiger partial charge on any atom is -0.370 e. The quantitative estimate of drug-likeness (QED) is 0.584. The molecule has 28 heavy (non-hydrogen) atoms. The van der Waals surface area contributed by atoms with Crippen molar-refractivity contribution in [2.75, 3.05) is 30.3 Å². The van der Waals surface area contributed by atoms with Crippen molar-refractivity contribution in [3.63, 3.8) is 0 Å². The van der Waals surface area contributed by atoms with Crippen LogP contribution in [0.2, 0.25) is 5.02 Å². The van der Waals surface area contributed by atoms with E-state index in [0.29, 0.717) is 23.9 Å². The molecule has 3 N–H and O–H groups in total. The van der Waals surface area contributed by atoms with Crippen LogP contribution in [0.3, 0.4) is 0 Å². The van der Waals surface area contributed by atoms with Crippen molar-refractivity contribution in [3.05, 3.63) is 46.7 Å². The van der Waals surface area contributed by atoms with E-state index in [1.165, 1.54) is 0 Å². The number of aryl methyl sites for hydroxylation is 1. The van der Waals surface area contributed by atoms with E-state index >= 15 is 0 Å². The van der Waals surface area contributed by atoms with Crippen LogP contribution in [0.5, 0.6) is 0 Å². The summed E-state index contributed by atoms with van der Waals surface area (Å²) in [5.41, 5.74) is 0.621. The van der Waals surface area contributed by atoms with Gasteiger partial charge in [0, 0.05) is 30.7 Å². The Kier molecular flexibility index (Phi) is 6.73. The maximum absolute atomic E-state index is 13.0. The van der Waals surface area contributed by atoms with Gasteiger partial charge in [-0.05, 0) is 44.4 Å². The number of carbonyl (C=O) groups excluding carboxylic acids is 1. The standard InChI is InChI=1S/C21H28ClN5O/c1-3-23-18-14-19(27-15(2)26-18)24-12-13-25-20(28)21(10-4-5-11-21)16-6-8-17(22)9-7-16/h6-9,14H,3-5,10-13H2,1-2H3,(H,25,28)(H2,23,24,26,27). The van der Waals surface area contributed by atoms with Gasteiger partial charge in [-0.25, -0.2) is 9.97 Å². The maximum atomic E-state index is 13.0. The van der Waals surface area contributed by atoms with E-state index in [9.17, 15) is 4.79 Å². The summed E-state index contributed by atoms with van der Waals surface area (Å²) < 4.78 is 0. The second-order valence-electron chi connectivity index (χ2n) is 7.19. The number of anilines is 2. The van der Waals surface area contributed by atoms with Crippen LogP contribution < -0.4 is 16.0 Å². The highest BCUT2D eigenvalue weighted by Crippen LogP contribution is 2.41. The Bertz CT molecular complexity index is 803. The van der Waals surface area contributed by atoms with Crippen LogP contribution in [0.4, 0.5) is 11.6 Å². The Hall–Kier alpha value is -2.34. The number of halogens is 1. The third-order valence-electron chi connectivity index (χ3n) is 5.20. The Morgan fingerprint density at radius 1 is 1.07 bits per heavy atom. The first-order valence-corrected chi connectivity index (χ1v) is 10.3. The molecule has 0 aliphatic heterocycles. The van der Waals surface area contributed by atoms with Crippen molar-refractivity contribution in [1.29, 1.82) is 0 Å². The van der Waals surface area contributed by atoms with Crippen LogP contribution in [-0.2, 0) is 10.2 Å². The van der Waals surface area contributed by atoms with Crippen LogP contribution in [0, 0.1) is 6.92 Å². The van der Waals surface area contributed by atoms with Gasteiger partial charge < -0.3 is 16.0 Å². The van der Waals surface area contributed by atoms with E-state index in [-0.39, 0.29) is 5.91 Å². The molecule has 3 rings (SSSR count). The highest BCUT2D eigenvalue weighted by molar-refractivity contribution is 6.30. The fourth-order valence-electron chi connectivity index (χ4n) is 3.86. The highest BCUT2D eigenvalue weighted by Gasteiger charge is 2.42. The topological polar surface area (TPSA) is 78.9 Å². The molecule has 0 saturated heterocycles. The first-order valence-electron chi connectivity index (χ1n) is 9.91. The largest absolute Gasteiger partial charge is 0.370 e. The summed E-state index contributed by atoms with van der Waals surface area (Å²) in [5, 5.41) is 10.3. The molecule has 1 heterocycles. The number of benzene rings is 1. The van der Waals surface area contributed by atoms with Crippen molar-refractivity contribution in [2.24, 2.45) is 0 Å². The van der Waals surface area contributed by atoms with E-state index in [1.54, 1.807) is 0 Å². The van der Waals surface area contributed by atoms with Crippen LogP contribution in [0.1, 0.15) is 44.0 Å². The summed E-state index contributed by atoms with van der Waals surface area (Å²) in [6, 6.07) is 9.58. The average Bonchev–Trinajstić information content (AvgIpc) is 3.17. The van der Waals surface area contributed by atoms with E-state index in [2.05, 4.69) is 25.9 Å². The minimum absolute atomic E-state index is 0.0985. The second kappa shape index (κ2) is 9.24. The molecule has 0 spiro atoms. The summed E-state index contributed by atoms with van der Waals surface area (Å²) in [6.07, 6.45) is 3.90. The third kappa shape index (κ3) is 4.73. The first-order chi connectivity index (χ1) is 13.5. The average molecular weight is 402 g/mol. The number of carbonyl (C=O) groups is 1. The predicted octanol–water partition coefficient (Wildman–Crippen LogP) is 3.91. The monoisotopic (exact) mass is 401 g/mol. The molecule has 0 radical (unpaired) electrons. The predicted molar refractivity (Wildman–Crippen MR) is 114 cm³/mol. The number of nitrogens with zero attached hydrogens (tertiary/aromatic N) is 2. The molecule has 0 atom stereocenters. The molecule has 1 aliphatic carbocycles. The molecule has 150 valence electrons. The molecule has 6 nitrogen and oxygen atoms in total. The van der Waals surface area contributed by atoms with Crippen LogP contribution in [0.25, 0.3) is 0 Å². The van der Waals surface area contributed by atoms with Gasteiger partial charge in [0.05, 0.1) is 5.41 Å². The molecule has 0 unspecified atom stereocenters. The molecule has 1 amide bonds. The Morgan fingerprint density at radius 2 is 1.71 bits per heavy atom. The van der Waals surface area contributed by atoms with E-state index in [0.717, 1.165) is 49.4 Å². The lowest BCUT2D eigenvalue weighted by Gasteiger charge is -2.28. The number of rotatable bonds is 8. The van der Waals surface area contributed by atoms with Crippen LogP contribution in [-0.4, -0.2) is 35.5 Å². The third-order valence-corrected chi connectivity index (χ3v) is 5.45. The van der Waals surface area contributed by atoms with Gasteiger partial charge in [0.2, 0.25) is 5.91 Å². The Labute approximate surface area is 171 Å². The van der Waals surface area contributed by atoms with Gasteiger partial charge in [-0.1, -0.05) is 36.6 Å². The molecule has 1 saturated carbocycles. The molecular formula is C21H28ClN5O. The molecule has 1 aliphatic rings. The lowest BCUT2D eigenvalue weighted by molar-refractivity contribution is -0.126. The first kappa shape index (κ1) is 20.4. The summed E-state index contributed by atoms with van der Waals surface area (Å²) in [7, 11) is 0. The minimum atomic E-state index is -0.436. The van der Waals surface area contributed by atoms with Gasteiger partial charge in [-0.3, -0.25) is 4.79 Å². The normalized spacial score (nSPS) is 15.2. The fourth-order valence-corrected chi connectivity index (χ4v) is 3.99. The van der Waals surface area contributed by atoms with Crippen LogP contribution in [0.15, 0.2) is 30.3 Å². The van der Waals surface area contributed by atoms with Crippen molar-refractivity contribution in [2.45, 2.75) is 44.9 Å². The molecule has 2 aromatic rings. The summed E-state index contributed by atoms with van der Waals surface area (Å²) >= 11 is 6.02. The fraction of sp³-hybridized carbons (Fsp3) is 0.476. The van der Waals surface area contributed by atoms with Gasteiger partial charge in [-0.2, -0.15) is 0 Å². The molecule has 1 aromatic heterocycles. The van der Waals surface area contributed by atoms with Crippen molar-refractivity contribution in [3.8, 4) is 0 Å². The Morgan fingerprint density at radius 3 is 2.36 bits per heavy atom. The van der Waals surface area contributed by atoms with Gasteiger partial charge in [0.15, 0.2) is 0 Å². The molecule has 0 bridgehead atoms. The summed E-state index contributed by atoms with van der Waals surface area (Å²) in [5.74, 6) is 2.36. The lowest BCUT2D eigenvalue weighted by atomic mass is 9.78. The van der Waals surface area contributed by atoms with Crippen molar-refractivity contribution < 1.29 is 4.79 Å². The van der Waals surface area contributed by atoms with Crippen molar-refractivity contribution >= 4 is 29.1 Å². The molecule has 1 aromatic carbocycles. The summed E-state index contributed by atoms with van der Waals surface area (Å²) in [4.78, 5) is 21.8. The molecular weight excluding hydrogens is 374 g/mol. The lowest BCUT2D eigenvalue weighted by Crippen LogP contribution is -2.44. The smallest absolute Gasteiger partial charge is 0.230 e. The second-order valence-corrected chi connectivity index (χ2v) is 7.63. The number of hydrogen-bond donors (Lipinski definition) is 3. The summed E-state index contributed by atoms with van der Waals surface area (Å²) in [6.45, 7) is 5.83. The van der Waals surface area contributed by atoms with Gasteiger partial charge in [0.25, 0.3) is 0 Å². The zero-order chi connectivity index (χ0) is 20.0. The van der Waals surface area contributed by atoms with Gasteiger partial charge in [-0.15, -0.1) is 0 Å². The van der Waals surface area contributed by atoms with E-state index in [4.69, 9.17) is 11.6 Å². The number of amides is 1. The van der Waals surface area contributed by atoms with Gasteiger partial charge in [0.1, 0.15) is 17.5 Å². The maximum Gasteiger partial charge on any atom is 0.230 e. The number of aromatic nitrogens is 2. The van der Waals surface area contributed by atoms with E-state index < -0.39 is 5.41 Å². The molecule has 1 fully saturated rings. The van der Waals surface area contributed by atoms with Gasteiger partial charge >= 0.3 is 0 Å².